The molecule has 0 aliphatic heterocycles. The Bertz CT molecular complexity index is 906. The number of nitrogens with one attached hydrogen (secondary N) is 1. The third-order valence-corrected chi connectivity index (χ3v) is 6.23. The largest absolute Gasteiger partial charge is 0.508 e. The molecule has 0 aromatic heterocycles. The van der Waals surface area contributed by atoms with Gasteiger partial charge in [0.25, 0.3) is 5.91 Å². The number of aromatic hydroxyl groups is 1. The Balaban J connectivity index is 2.46. The van der Waals surface area contributed by atoms with Gasteiger partial charge in [-0.05, 0) is 30.5 Å². The van der Waals surface area contributed by atoms with Gasteiger partial charge in [0.05, 0.1) is 0 Å². The summed E-state index contributed by atoms with van der Waals surface area (Å²) in [5.41, 5.74) is 2.34. The number of hydrogen-bond donors (Lipinski definition) is 3. The predicted molar refractivity (Wildman–Crippen MR) is 101 cm³/mol. The van der Waals surface area contributed by atoms with Gasteiger partial charge >= 0.3 is 0 Å². The Morgan fingerprint density at radius 3 is 2.46 bits per heavy atom. The van der Waals surface area contributed by atoms with E-state index in [1.807, 2.05) is 18.2 Å². The van der Waals surface area contributed by atoms with Gasteiger partial charge in [-0.3, -0.25) is 10.0 Å². The molecule has 9 heteroatoms. The van der Waals surface area contributed by atoms with E-state index in [4.69, 9.17) is 5.21 Å². The molecule has 28 heavy (non-hydrogen) atoms. The van der Waals surface area contributed by atoms with E-state index in [1.165, 1.54) is 5.48 Å². The average molecular weight is 410 g/mol. The van der Waals surface area contributed by atoms with Crippen LogP contribution in [0.2, 0.25) is 0 Å². The van der Waals surface area contributed by atoms with Gasteiger partial charge in [-0.15, -0.1) is 0 Å². The second kappa shape index (κ2) is 9.63. The highest BCUT2D eigenvalue weighted by Crippen LogP contribution is 2.26. The number of benzene rings is 2. The molecule has 7 nitrogen and oxygen atoms in total. The van der Waals surface area contributed by atoms with Gasteiger partial charge in [0.2, 0.25) is 10.0 Å². The zero-order valence-electron chi connectivity index (χ0n) is 15.4. The molecule has 0 saturated carbocycles. The van der Waals surface area contributed by atoms with Crippen molar-refractivity contribution in [2.75, 3.05) is 6.54 Å². The second-order valence-electron chi connectivity index (χ2n) is 6.25. The van der Waals surface area contributed by atoms with Crippen molar-refractivity contribution in [2.45, 2.75) is 37.1 Å². The van der Waals surface area contributed by atoms with E-state index in [2.05, 4.69) is 0 Å². The molecule has 2 aromatic carbocycles. The van der Waals surface area contributed by atoms with Crippen LogP contribution in [0.15, 0.2) is 53.4 Å². The number of phenols is 1. The standard InChI is InChI=1S/C19H23FN2O5S/c1-2-6-17(19(24)21-25)22(12-11-14-7-4-3-5-8-14)28(26,27)18-10-9-15(23)13-16(18)20/h3-5,7-10,13,17,23,25H,2,6,11-12H2,1H3,(H,21,24)/t17-/m1/s1. The molecule has 1 atom stereocenters. The molecule has 2 rings (SSSR count). The van der Waals surface area contributed by atoms with Crippen LogP contribution < -0.4 is 5.48 Å². The first-order valence-electron chi connectivity index (χ1n) is 8.79. The van der Waals surface area contributed by atoms with E-state index in [9.17, 15) is 22.7 Å². The molecule has 3 N–H and O–H groups in total. The molecule has 0 bridgehead atoms. The summed E-state index contributed by atoms with van der Waals surface area (Å²) in [4.78, 5) is 11.5. The molecule has 0 unspecified atom stereocenters. The predicted octanol–water partition coefficient (Wildman–Crippen LogP) is 2.44. The third kappa shape index (κ3) is 5.06. The van der Waals surface area contributed by atoms with Gasteiger partial charge in [-0.25, -0.2) is 18.3 Å². The van der Waals surface area contributed by atoms with E-state index < -0.39 is 38.4 Å². The van der Waals surface area contributed by atoms with Crippen LogP contribution >= 0.6 is 0 Å². The lowest BCUT2D eigenvalue weighted by Crippen LogP contribution is -2.49. The van der Waals surface area contributed by atoms with E-state index in [1.54, 1.807) is 19.1 Å². The molecular formula is C19H23FN2O5S. The minimum absolute atomic E-state index is 0.0925. The summed E-state index contributed by atoms with van der Waals surface area (Å²) >= 11 is 0. The van der Waals surface area contributed by atoms with Crippen LogP contribution in [0.4, 0.5) is 4.39 Å². The zero-order valence-corrected chi connectivity index (χ0v) is 16.2. The highest BCUT2D eigenvalue weighted by molar-refractivity contribution is 7.89. The van der Waals surface area contributed by atoms with Crippen molar-refractivity contribution in [2.24, 2.45) is 0 Å². The van der Waals surface area contributed by atoms with Crippen LogP contribution in [-0.4, -0.2) is 41.5 Å². The number of hydroxylamine groups is 1. The van der Waals surface area contributed by atoms with Crippen molar-refractivity contribution in [3.8, 4) is 5.75 Å². The maximum absolute atomic E-state index is 14.3. The lowest BCUT2D eigenvalue weighted by atomic mass is 10.1. The SMILES string of the molecule is CCC[C@H](C(=O)NO)N(CCc1ccccc1)S(=O)(=O)c1ccc(O)cc1F. The first-order chi connectivity index (χ1) is 13.3. The Morgan fingerprint density at radius 1 is 1.21 bits per heavy atom. The zero-order chi connectivity index (χ0) is 20.7. The fraction of sp³-hybridized carbons (Fsp3) is 0.316. The van der Waals surface area contributed by atoms with Crippen LogP contribution in [0, 0.1) is 5.82 Å². The van der Waals surface area contributed by atoms with Crippen molar-refractivity contribution in [3.63, 3.8) is 0 Å². The fourth-order valence-electron chi connectivity index (χ4n) is 2.91. The van der Waals surface area contributed by atoms with Crippen molar-refractivity contribution in [3.05, 3.63) is 59.9 Å². The summed E-state index contributed by atoms with van der Waals surface area (Å²) in [5, 5.41) is 18.4. The highest BCUT2D eigenvalue weighted by atomic mass is 32.2. The van der Waals surface area contributed by atoms with Crippen LogP contribution in [0.5, 0.6) is 5.75 Å². The smallest absolute Gasteiger partial charge is 0.261 e. The van der Waals surface area contributed by atoms with Gasteiger partial charge in [0, 0.05) is 12.6 Å². The summed E-state index contributed by atoms with van der Waals surface area (Å²) < 4.78 is 41.5. The Morgan fingerprint density at radius 2 is 1.89 bits per heavy atom. The summed E-state index contributed by atoms with van der Waals surface area (Å²) in [6.07, 6.45) is 0.895. The lowest BCUT2D eigenvalue weighted by Gasteiger charge is -2.29. The van der Waals surface area contributed by atoms with Gasteiger partial charge in [0.1, 0.15) is 22.5 Å². The maximum Gasteiger partial charge on any atom is 0.261 e. The van der Waals surface area contributed by atoms with Gasteiger partial charge in [-0.2, -0.15) is 4.31 Å². The number of rotatable bonds is 9. The first-order valence-corrected chi connectivity index (χ1v) is 10.2. The van der Waals surface area contributed by atoms with Crippen LogP contribution in [0.25, 0.3) is 0 Å². The van der Waals surface area contributed by atoms with E-state index in [-0.39, 0.29) is 13.0 Å². The summed E-state index contributed by atoms with van der Waals surface area (Å²) in [5.74, 6) is -2.42. The van der Waals surface area contributed by atoms with Crippen LogP contribution in [-0.2, 0) is 21.2 Å². The Kier molecular flexibility index (Phi) is 7.50. The molecule has 0 aliphatic rings. The van der Waals surface area contributed by atoms with E-state index in [0.29, 0.717) is 18.9 Å². The van der Waals surface area contributed by atoms with Crippen molar-refractivity contribution in [1.82, 2.24) is 9.79 Å². The molecule has 1 amide bonds. The molecule has 0 aliphatic carbocycles. The minimum Gasteiger partial charge on any atom is -0.508 e. The molecule has 0 spiro atoms. The number of sulfonamides is 1. The molecule has 2 aromatic rings. The average Bonchev–Trinajstić information content (AvgIpc) is 2.67. The number of amides is 1. The summed E-state index contributed by atoms with van der Waals surface area (Å²) in [6.45, 7) is 1.67. The third-order valence-electron chi connectivity index (χ3n) is 4.29. The molecular weight excluding hydrogens is 387 g/mol. The lowest BCUT2D eigenvalue weighted by molar-refractivity contribution is -0.133. The molecule has 0 saturated heterocycles. The van der Waals surface area contributed by atoms with Crippen molar-refractivity contribution < 1.29 is 27.9 Å². The quantitative estimate of drug-likeness (QED) is 0.435. The number of nitrogens with zero attached hydrogens (tertiary/aromatic N) is 1. The minimum atomic E-state index is -4.42. The Labute approximate surface area is 163 Å². The molecule has 152 valence electrons. The fourth-order valence-corrected chi connectivity index (χ4v) is 4.57. The Hall–Kier alpha value is -2.49. The highest BCUT2D eigenvalue weighted by Gasteiger charge is 2.36. The van der Waals surface area contributed by atoms with E-state index >= 15 is 0 Å². The number of carbonyl (C=O) groups is 1. The van der Waals surface area contributed by atoms with Gasteiger partial charge < -0.3 is 5.11 Å². The maximum atomic E-state index is 14.3. The van der Waals surface area contributed by atoms with Crippen LogP contribution in [0.1, 0.15) is 25.3 Å². The second-order valence-corrected chi connectivity index (χ2v) is 8.11. The number of carbonyl (C=O) groups excluding carboxylic acids is 1. The number of phenolic OH excluding ortho intramolecular Hbond substituents is 1. The van der Waals surface area contributed by atoms with Crippen molar-refractivity contribution >= 4 is 15.9 Å². The summed E-state index contributed by atoms with van der Waals surface area (Å²) in [6, 6.07) is 10.6. The number of hydrogen-bond acceptors (Lipinski definition) is 5. The van der Waals surface area contributed by atoms with E-state index in [0.717, 1.165) is 22.0 Å². The molecule has 0 radical (unpaired) electrons. The monoisotopic (exact) mass is 410 g/mol. The van der Waals surface area contributed by atoms with Crippen LogP contribution in [0.3, 0.4) is 0 Å². The molecule has 0 fully saturated rings. The first kappa shape index (κ1) is 21.8. The molecule has 0 heterocycles. The normalized spacial score (nSPS) is 12.7. The summed E-state index contributed by atoms with van der Waals surface area (Å²) in [7, 11) is -4.42. The van der Waals surface area contributed by atoms with Gasteiger partial charge in [-0.1, -0.05) is 43.7 Å². The topological polar surface area (TPSA) is 107 Å². The number of halogens is 1. The van der Waals surface area contributed by atoms with Crippen molar-refractivity contribution in [1.29, 1.82) is 0 Å². The van der Waals surface area contributed by atoms with Gasteiger partial charge in [0.15, 0.2) is 0 Å².